The fourth-order valence-electron chi connectivity index (χ4n) is 1.75. The van der Waals surface area contributed by atoms with Crippen molar-refractivity contribution in [2.45, 2.75) is 19.4 Å². The number of nitrogens with one attached hydrogen (secondary N) is 1. The first-order valence-electron chi connectivity index (χ1n) is 4.64. The van der Waals surface area contributed by atoms with E-state index >= 15 is 0 Å². The third kappa shape index (κ3) is 1.45. The number of benzene rings is 1. The molecule has 1 heterocycles. The summed E-state index contributed by atoms with van der Waals surface area (Å²) < 4.78 is 4.69. The normalized spacial score (nSPS) is 18.6. The van der Waals surface area contributed by atoms with Crippen LogP contribution in [0.15, 0.2) is 18.2 Å². The molecule has 3 heteroatoms. The maximum atomic E-state index is 11.3. The summed E-state index contributed by atoms with van der Waals surface area (Å²) in [5.41, 5.74) is 3.44. The van der Waals surface area contributed by atoms with Gasteiger partial charge < -0.3 is 10.1 Å². The summed E-state index contributed by atoms with van der Waals surface area (Å²) in [4.78, 5) is 11.3. The number of hydrogen-bond donors (Lipinski definition) is 1. The summed E-state index contributed by atoms with van der Waals surface area (Å²) in [7, 11) is 1.41. The Morgan fingerprint density at radius 2 is 2.36 bits per heavy atom. The van der Waals surface area contributed by atoms with Crippen LogP contribution in [0.2, 0.25) is 0 Å². The topological polar surface area (TPSA) is 38.3 Å². The van der Waals surface area contributed by atoms with E-state index < -0.39 is 0 Å². The molecule has 0 radical (unpaired) electrons. The molecule has 74 valence electrons. The quantitative estimate of drug-likeness (QED) is 0.684. The van der Waals surface area contributed by atoms with Crippen molar-refractivity contribution in [2.75, 3.05) is 12.4 Å². The summed E-state index contributed by atoms with van der Waals surface area (Å²) in [6.07, 6.45) is 0.724. The molecule has 1 N–H and O–H groups in total. The Labute approximate surface area is 83.1 Å². The number of carbonyl (C=O) groups is 1. The highest BCUT2D eigenvalue weighted by atomic mass is 16.5. The van der Waals surface area contributed by atoms with Crippen LogP contribution >= 0.6 is 0 Å². The predicted octanol–water partition coefficient (Wildman–Crippen LogP) is 1.50. The maximum Gasteiger partial charge on any atom is 0.328 e. The van der Waals surface area contributed by atoms with Gasteiger partial charge >= 0.3 is 5.97 Å². The van der Waals surface area contributed by atoms with Crippen molar-refractivity contribution in [3.63, 3.8) is 0 Å². The monoisotopic (exact) mass is 191 g/mol. The highest BCUT2D eigenvalue weighted by Crippen LogP contribution is 2.26. The number of esters is 1. The van der Waals surface area contributed by atoms with Crippen molar-refractivity contribution >= 4 is 11.7 Å². The van der Waals surface area contributed by atoms with E-state index in [9.17, 15) is 4.79 Å². The van der Waals surface area contributed by atoms with Gasteiger partial charge in [0, 0.05) is 12.1 Å². The second-order valence-corrected chi connectivity index (χ2v) is 3.58. The second kappa shape index (κ2) is 3.33. The lowest BCUT2D eigenvalue weighted by Crippen LogP contribution is -2.27. The smallest absolute Gasteiger partial charge is 0.328 e. The van der Waals surface area contributed by atoms with Gasteiger partial charge in [-0.2, -0.15) is 0 Å². The van der Waals surface area contributed by atoms with E-state index in [1.165, 1.54) is 18.2 Å². The number of ether oxygens (including phenoxy) is 1. The summed E-state index contributed by atoms with van der Waals surface area (Å²) in [5, 5.41) is 3.15. The Morgan fingerprint density at radius 1 is 1.57 bits per heavy atom. The molecule has 0 spiro atoms. The van der Waals surface area contributed by atoms with Gasteiger partial charge in [0.05, 0.1) is 7.11 Å². The molecule has 2 rings (SSSR count). The van der Waals surface area contributed by atoms with E-state index in [-0.39, 0.29) is 12.0 Å². The van der Waals surface area contributed by atoms with Crippen LogP contribution in [-0.2, 0) is 16.0 Å². The Hall–Kier alpha value is -1.51. The van der Waals surface area contributed by atoms with E-state index in [1.54, 1.807) is 0 Å². The summed E-state index contributed by atoms with van der Waals surface area (Å²) in [6, 6.07) is 5.95. The number of aryl methyl sites for hydroxylation is 1. The van der Waals surface area contributed by atoms with Crippen molar-refractivity contribution in [2.24, 2.45) is 0 Å². The number of rotatable bonds is 1. The molecular formula is C11H13NO2. The van der Waals surface area contributed by atoms with Crippen LogP contribution in [0.5, 0.6) is 0 Å². The number of carbonyl (C=O) groups excluding carboxylic acids is 1. The third-order valence-electron chi connectivity index (χ3n) is 2.50. The first-order chi connectivity index (χ1) is 6.70. The van der Waals surface area contributed by atoms with Gasteiger partial charge in [-0.3, -0.25) is 0 Å². The average Bonchev–Trinajstić information content (AvgIpc) is 2.59. The Kier molecular flexibility index (Phi) is 2.15. The summed E-state index contributed by atoms with van der Waals surface area (Å²) in [6.45, 7) is 2.04. The SMILES string of the molecule is COC(=O)[C@@H]1Cc2ccc(C)cc2N1. The van der Waals surface area contributed by atoms with Crippen LogP contribution in [-0.4, -0.2) is 19.1 Å². The first-order valence-corrected chi connectivity index (χ1v) is 4.64. The van der Waals surface area contributed by atoms with Crippen LogP contribution in [0.4, 0.5) is 5.69 Å². The van der Waals surface area contributed by atoms with E-state index in [2.05, 4.69) is 23.5 Å². The number of fused-ring (bicyclic) bond motifs is 1. The fraction of sp³-hybridized carbons (Fsp3) is 0.364. The second-order valence-electron chi connectivity index (χ2n) is 3.58. The standard InChI is InChI=1S/C11H13NO2/c1-7-3-4-8-6-10(11(13)14-2)12-9(8)5-7/h3-5,10,12H,6H2,1-2H3/t10-/m0/s1. The van der Waals surface area contributed by atoms with Crippen molar-refractivity contribution in [1.82, 2.24) is 0 Å². The molecule has 0 amide bonds. The summed E-state index contributed by atoms with van der Waals surface area (Å²) >= 11 is 0. The minimum absolute atomic E-state index is 0.196. The zero-order chi connectivity index (χ0) is 10.1. The van der Waals surface area contributed by atoms with Crippen molar-refractivity contribution in [3.05, 3.63) is 29.3 Å². The Balaban J connectivity index is 2.22. The molecule has 0 saturated carbocycles. The van der Waals surface area contributed by atoms with Crippen LogP contribution < -0.4 is 5.32 Å². The molecule has 0 fully saturated rings. The first kappa shape index (κ1) is 9.06. The molecule has 0 aliphatic carbocycles. The molecule has 0 aromatic heterocycles. The lowest BCUT2D eigenvalue weighted by atomic mass is 10.1. The van der Waals surface area contributed by atoms with Crippen LogP contribution in [0.25, 0.3) is 0 Å². The van der Waals surface area contributed by atoms with Gasteiger partial charge in [-0.05, 0) is 24.1 Å². The van der Waals surface area contributed by atoms with Crippen LogP contribution in [0.3, 0.4) is 0 Å². The van der Waals surface area contributed by atoms with E-state index in [1.807, 2.05) is 6.92 Å². The molecule has 14 heavy (non-hydrogen) atoms. The van der Waals surface area contributed by atoms with Gasteiger partial charge in [-0.15, -0.1) is 0 Å². The molecule has 0 unspecified atom stereocenters. The Morgan fingerprint density at radius 3 is 3.07 bits per heavy atom. The van der Waals surface area contributed by atoms with E-state index in [4.69, 9.17) is 4.74 Å². The molecule has 0 bridgehead atoms. The molecule has 3 nitrogen and oxygen atoms in total. The minimum Gasteiger partial charge on any atom is -0.467 e. The van der Waals surface area contributed by atoms with E-state index in [0.717, 1.165) is 12.1 Å². The van der Waals surface area contributed by atoms with Crippen LogP contribution in [0.1, 0.15) is 11.1 Å². The van der Waals surface area contributed by atoms with Crippen molar-refractivity contribution in [1.29, 1.82) is 0 Å². The predicted molar refractivity (Wildman–Crippen MR) is 54.3 cm³/mol. The molecule has 1 aliphatic heterocycles. The Bertz CT molecular complexity index is 374. The highest BCUT2D eigenvalue weighted by molar-refractivity contribution is 5.82. The molecular weight excluding hydrogens is 178 g/mol. The zero-order valence-electron chi connectivity index (χ0n) is 8.33. The van der Waals surface area contributed by atoms with Gasteiger partial charge in [0.15, 0.2) is 0 Å². The van der Waals surface area contributed by atoms with Gasteiger partial charge in [-0.25, -0.2) is 4.79 Å². The molecule has 0 saturated heterocycles. The number of anilines is 1. The minimum atomic E-state index is -0.211. The van der Waals surface area contributed by atoms with Gasteiger partial charge in [0.2, 0.25) is 0 Å². The fourth-order valence-corrected chi connectivity index (χ4v) is 1.75. The molecule has 1 atom stereocenters. The van der Waals surface area contributed by atoms with Gasteiger partial charge in [0.1, 0.15) is 6.04 Å². The van der Waals surface area contributed by atoms with Crippen LogP contribution in [0, 0.1) is 6.92 Å². The number of hydrogen-bond acceptors (Lipinski definition) is 3. The van der Waals surface area contributed by atoms with E-state index in [0.29, 0.717) is 0 Å². The zero-order valence-corrected chi connectivity index (χ0v) is 8.33. The van der Waals surface area contributed by atoms with Gasteiger partial charge in [-0.1, -0.05) is 12.1 Å². The molecule has 1 aliphatic rings. The molecule has 1 aromatic carbocycles. The maximum absolute atomic E-state index is 11.3. The van der Waals surface area contributed by atoms with Gasteiger partial charge in [0.25, 0.3) is 0 Å². The lowest BCUT2D eigenvalue weighted by molar-refractivity contribution is -0.141. The lowest BCUT2D eigenvalue weighted by Gasteiger charge is -2.07. The van der Waals surface area contributed by atoms with Crippen molar-refractivity contribution in [3.8, 4) is 0 Å². The third-order valence-corrected chi connectivity index (χ3v) is 2.50. The number of methoxy groups -OCH3 is 1. The summed E-state index contributed by atoms with van der Waals surface area (Å²) in [5.74, 6) is -0.196. The highest BCUT2D eigenvalue weighted by Gasteiger charge is 2.26. The molecule has 1 aromatic rings. The largest absolute Gasteiger partial charge is 0.467 e. The van der Waals surface area contributed by atoms with Crippen molar-refractivity contribution < 1.29 is 9.53 Å². The average molecular weight is 191 g/mol.